The summed E-state index contributed by atoms with van der Waals surface area (Å²) in [5.74, 6) is -0.189. The van der Waals surface area contributed by atoms with Crippen molar-refractivity contribution >= 4 is 77.0 Å². The van der Waals surface area contributed by atoms with Crippen molar-refractivity contribution in [1.29, 1.82) is 0 Å². The minimum absolute atomic E-state index is 0.0854. The van der Waals surface area contributed by atoms with Crippen LogP contribution in [-0.2, 0) is 49.0 Å². The van der Waals surface area contributed by atoms with E-state index < -0.39 is 46.8 Å². The first-order chi connectivity index (χ1) is 37.7. The normalized spacial score (nSPS) is 12.2. The summed E-state index contributed by atoms with van der Waals surface area (Å²) in [7, 11) is 0. The average Bonchev–Trinajstić information content (AvgIpc) is 4.20. The molecule has 0 fully saturated rings. The van der Waals surface area contributed by atoms with Crippen LogP contribution in [0, 0.1) is 0 Å². The summed E-state index contributed by atoms with van der Waals surface area (Å²) in [5, 5.41) is 17.5. The number of carbonyl (C=O) groups excluding carboxylic acids is 3. The summed E-state index contributed by atoms with van der Waals surface area (Å²) in [6.07, 6.45) is -4.86. The van der Waals surface area contributed by atoms with E-state index in [4.69, 9.17) is 14.2 Å². The number of hydrogen-bond acceptors (Lipinski definition) is 11. The van der Waals surface area contributed by atoms with Crippen LogP contribution in [0.1, 0.15) is 76.6 Å². The van der Waals surface area contributed by atoms with E-state index >= 15 is 0 Å². The summed E-state index contributed by atoms with van der Waals surface area (Å²) in [6.45, 7) is 13.3. The number of alkyl carbamates (subject to hydrolysis) is 1. The van der Waals surface area contributed by atoms with E-state index in [1.165, 1.54) is 51.8 Å². The molecule has 0 spiro atoms. The number of aromatic nitrogens is 4. The smallest absolute Gasteiger partial charge is 0.416 e. The van der Waals surface area contributed by atoms with Crippen LogP contribution >= 0.6 is 22.7 Å². The topological polar surface area (TPSA) is 190 Å². The Kier molecular flexibility index (Phi) is 19.5. The fraction of sp³-hybridized carbons (Fsp3) is 0.393. The summed E-state index contributed by atoms with van der Waals surface area (Å²) in [6, 6.07) is 21.8. The lowest BCUT2D eigenvalue weighted by atomic mass is 10.1. The van der Waals surface area contributed by atoms with Crippen LogP contribution < -0.4 is 16.0 Å². The number of carboxylic acid groups (broad SMARTS) is 1. The van der Waals surface area contributed by atoms with Crippen LogP contribution in [0.25, 0.3) is 52.9 Å². The standard InChI is InChI=1S/2C28H31F3N4O4S/c1-27(2,3)35(26(37)38)13-15-39-14-12-32-24(36)11-5-18-4-10-22-23(16-18)40-25-33-21(17-34(22)25)19-6-8-20(9-7-19)28(29,30)31;1-27(2,3)39-26(37)33-13-15-38-14-12-32-24(36)11-5-18-4-10-22-23(16-18)40-25-34-21(17-35(22)25)19-6-8-20(9-7-19)28(29,30)31/h4,6-10,16-17H,5,11-15H2,1-3H3,(H,32,36)(H,37,38);4,6-10,16-17H,5,11-15H2,1-3H3,(H,32,36)(H,33,37). The van der Waals surface area contributed by atoms with Gasteiger partial charge in [-0.25, -0.2) is 19.6 Å². The van der Waals surface area contributed by atoms with Crippen LogP contribution in [-0.4, -0.2) is 117 Å². The van der Waals surface area contributed by atoms with E-state index in [-0.39, 0.29) is 25.0 Å². The average molecular weight is 1150 g/mol. The van der Waals surface area contributed by atoms with Crippen molar-refractivity contribution in [3.63, 3.8) is 0 Å². The number of ether oxygens (including phenoxy) is 3. The minimum Gasteiger partial charge on any atom is -0.465 e. The highest BCUT2D eigenvalue weighted by molar-refractivity contribution is 7.24. The van der Waals surface area contributed by atoms with Gasteiger partial charge in [0, 0.05) is 68.1 Å². The number of nitrogens with zero attached hydrogens (tertiary/aromatic N) is 5. The summed E-state index contributed by atoms with van der Waals surface area (Å²) in [4.78, 5) is 59.3. The molecule has 0 unspecified atom stereocenters. The second-order valence-electron chi connectivity index (χ2n) is 20.5. The Morgan fingerprint density at radius 1 is 0.588 bits per heavy atom. The van der Waals surface area contributed by atoms with Crippen molar-refractivity contribution in [2.24, 2.45) is 0 Å². The SMILES string of the molecule is CC(C)(C)N(CCOCCNC(=O)CCc1ccc2c(c1)sc1nc(-c3ccc(C(F)(F)F)cc3)cn12)C(=O)O.CC(C)(C)OC(=O)NCCOCCNC(=O)CCc1ccc2c(c1)sc1nc(-c3ccc(C(F)(F)F)cc3)cn12. The number of rotatable bonds is 20. The zero-order valence-electron chi connectivity index (χ0n) is 44.8. The Balaban J connectivity index is 0.000000231. The van der Waals surface area contributed by atoms with Crippen molar-refractivity contribution in [2.45, 2.75) is 90.7 Å². The van der Waals surface area contributed by atoms with E-state index in [1.807, 2.05) is 78.4 Å². The molecular weight excluding hydrogens is 1090 g/mol. The minimum atomic E-state index is -4.38. The maximum Gasteiger partial charge on any atom is 0.416 e. The molecule has 4 aromatic carbocycles. The molecule has 0 saturated heterocycles. The molecule has 0 atom stereocenters. The summed E-state index contributed by atoms with van der Waals surface area (Å²) in [5.41, 5.74) is 3.86. The van der Waals surface area contributed by atoms with E-state index in [1.54, 1.807) is 20.8 Å². The number of benzene rings is 4. The molecule has 4 heterocycles. The lowest BCUT2D eigenvalue weighted by molar-refractivity contribution is -0.138. The molecule has 0 bridgehead atoms. The predicted molar refractivity (Wildman–Crippen MR) is 295 cm³/mol. The van der Waals surface area contributed by atoms with E-state index in [2.05, 4.69) is 25.9 Å². The van der Waals surface area contributed by atoms with Gasteiger partial charge in [0.25, 0.3) is 0 Å². The molecule has 0 radical (unpaired) electrons. The van der Waals surface area contributed by atoms with Gasteiger partial charge in [0.1, 0.15) is 5.60 Å². The van der Waals surface area contributed by atoms with Crippen molar-refractivity contribution in [1.82, 2.24) is 39.6 Å². The van der Waals surface area contributed by atoms with Gasteiger partial charge in [0.15, 0.2) is 9.92 Å². The molecule has 80 heavy (non-hydrogen) atoms. The molecule has 4 amide bonds. The Morgan fingerprint density at radius 2 is 1.00 bits per heavy atom. The highest BCUT2D eigenvalue weighted by atomic mass is 32.1. The number of amides is 4. The number of halogens is 6. The molecule has 8 rings (SSSR count). The lowest BCUT2D eigenvalue weighted by Crippen LogP contribution is -2.46. The van der Waals surface area contributed by atoms with E-state index in [0.29, 0.717) is 87.7 Å². The monoisotopic (exact) mass is 1150 g/mol. The molecule has 0 aliphatic rings. The van der Waals surface area contributed by atoms with Gasteiger partial charge >= 0.3 is 24.5 Å². The fourth-order valence-electron chi connectivity index (χ4n) is 8.18. The van der Waals surface area contributed by atoms with Crippen molar-refractivity contribution < 1.29 is 64.8 Å². The first-order valence-electron chi connectivity index (χ1n) is 25.5. The number of imidazole rings is 2. The van der Waals surface area contributed by atoms with E-state index in [0.717, 1.165) is 65.7 Å². The number of carbonyl (C=O) groups is 4. The van der Waals surface area contributed by atoms with Gasteiger partial charge in [-0.3, -0.25) is 18.4 Å². The molecule has 0 aliphatic carbocycles. The number of aryl methyl sites for hydroxylation is 2. The zero-order valence-corrected chi connectivity index (χ0v) is 46.5. The van der Waals surface area contributed by atoms with Gasteiger partial charge in [0.2, 0.25) is 11.8 Å². The number of thiazole rings is 2. The van der Waals surface area contributed by atoms with Gasteiger partial charge in [0.05, 0.1) is 69.4 Å². The molecule has 24 heteroatoms. The quantitative estimate of drug-likeness (QED) is 0.0422. The van der Waals surface area contributed by atoms with Gasteiger partial charge in [-0.05, 0) is 114 Å². The lowest BCUT2D eigenvalue weighted by Gasteiger charge is -2.32. The molecule has 0 saturated carbocycles. The fourth-order valence-corrected chi connectivity index (χ4v) is 10.3. The van der Waals surface area contributed by atoms with Crippen LogP contribution in [0.5, 0.6) is 0 Å². The third-order valence-electron chi connectivity index (χ3n) is 12.2. The number of fused-ring (bicyclic) bond motifs is 6. The molecule has 0 aliphatic heterocycles. The Bertz CT molecular complexity index is 3410. The van der Waals surface area contributed by atoms with Crippen LogP contribution in [0.2, 0.25) is 0 Å². The summed E-state index contributed by atoms with van der Waals surface area (Å²) < 4.78 is 99.0. The van der Waals surface area contributed by atoms with Gasteiger partial charge < -0.3 is 40.2 Å². The maximum absolute atomic E-state index is 12.9. The number of alkyl halides is 6. The molecule has 4 aromatic heterocycles. The Morgan fingerprint density at radius 3 is 1.39 bits per heavy atom. The summed E-state index contributed by atoms with van der Waals surface area (Å²) >= 11 is 2.96. The third kappa shape index (κ3) is 16.9. The number of nitrogens with one attached hydrogen (secondary N) is 3. The van der Waals surface area contributed by atoms with E-state index in [9.17, 15) is 50.6 Å². The van der Waals surface area contributed by atoms with Crippen LogP contribution in [0.4, 0.5) is 35.9 Å². The van der Waals surface area contributed by atoms with Crippen molar-refractivity contribution in [2.75, 3.05) is 52.6 Å². The zero-order chi connectivity index (χ0) is 58.0. The van der Waals surface area contributed by atoms with Crippen molar-refractivity contribution in [3.05, 3.63) is 120 Å². The second kappa shape index (κ2) is 25.9. The van der Waals surface area contributed by atoms with Crippen LogP contribution in [0.3, 0.4) is 0 Å². The van der Waals surface area contributed by atoms with Gasteiger partial charge in [-0.1, -0.05) is 59.1 Å². The maximum atomic E-state index is 12.9. The second-order valence-corrected chi connectivity index (χ2v) is 22.5. The molecule has 16 nitrogen and oxygen atoms in total. The van der Waals surface area contributed by atoms with Gasteiger partial charge in [-0.2, -0.15) is 26.3 Å². The number of hydrogen-bond donors (Lipinski definition) is 4. The first-order valence-corrected chi connectivity index (χ1v) is 27.2. The largest absolute Gasteiger partial charge is 0.465 e. The first kappa shape index (κ1) is 60.4. The molecule has 428 valence electrons. The molecule has 8 aromatic rings. The highest BCUT2D eigenvalue weighted by Gasteiger charge is 2.31. The predicted octanol–water partition coefficient (Wildman–Crippen LogP) is 11.9. The Hall–Kier alpha value is -7.28. The Labute approximate surface area is 465 Å². The van der Waals surface area contributed by atoms with Crippen LogP contribution in [0.15, 0.2) is 97.3 Å². The molecule has 4 N–H and O–H groups in total. The third-order valence-corrected chi connectivity index (χ3v) is 14.2. The van der Waals surface area contributed by atoms with Crippen molar-refractivity contribution in [3.8, 4) is 22.5 Å². The van der Waals surface area contributed by atoms with Gasteiger partial charge in [-0.15, -0.1) is 0 Å². The highest BCUT2D eigenvalue weighted by Crippen LogP contribution is 2.35. The molecular formula is C56H62F6N8O8S2.